The zero-order chi connectivity index (χ0) is 13.2. The van der Waals surface area contributed by atoms with E-state index in [1.807, 2.05) is 0 Å². The molecular formula is C16H34N2. The highest BCUT2D eigenvalue weighted by molar-refractivity contribution is 4.83. The SMILES string of the molecule is CCCNCCCCCCN1C(C)CCC1CC. The van der Waals surface area contributed by atoms with E-state index < -0.39 is 0 Å². The second-order valence-corrected chi connectivity index (χ2v) is 5.89. The van der Waals surface area contributed by atoms with Crippen LogP contribution in [0.15, 0.2) is 0 Å². The predicted octanol–water partition coefficient (Wildman–Crippen LogP) is 3.81. The van der Waals surface area contributed by atoms with Crippen LogP contribution in [0.4, 0.5) is 0 Å². The lowest BCUT2D eigenvalue weighted by Gasteiger charge is -2.27. The van der Waals surface area contributed by atoms with Crippen LogP contribution in [0.2, 0.25) is 0 Å². The Balaban J connectivity index is 1.96. The minimum atomic E-state index is 0.834. The molecule has 2 nitrogen and oxygen atoms in total. The van der Waals surface area contributed by atoms with Crippen LogP contribution in [0, 0.1) is 0 Å². The summed E-state index contributed by atoms with van der Waals surface area (Å²) in [4.78, 5) is 2.76. The zero-order valence-corrected chi connectivity index (χ0v) is 12.9. The van der Waals surface area contributed by atoms with Crippen LogP contribution < -0.4 is 5.32 Å². The third-order valence-corrected chi connectivity index (χ3v) is 4.37. The summed E-state index contributed by atoms with van der Waals surface area (Å²) in [6.45, 7) is 10.7. The van der Waals surface area contributed by atoms with Crippen molar-refractivity contribution in [1.82, 2.24) is 10.2 Å². The maximum atomic E-state index is 3.48. The summed E-state index contributed by atoms with van der Waals surface area (Å²) < 4.78 is 0. The van der Waals surface area contributed by atoms with Crippen LogP contribution in [-0.4, -0.2) is 36.6 Å². The average Bonchev–Trinajstić information content (AvgIpc) is 2.73. The van der Waals surface area contributed by atoms with E-state index in [1.54, 1.807) is 0 Å². The molecule has 0 saturated carbocycles. The van der Waals surface area contributed by atoms with E-state index in [1.165, 1.54) is 71.0 Å². The molecule has 0 aromatic rings. The van der Waals surface area contributed by atoms with Crippen molar-refractivity contribution in [1.29, 1.82) is 0 Å². The molecule has 0 amide bonds. The van der Waals surface area contributed by atoms with E-state index in [-0.39, 0.29) is 0 Å². The third kappa shape index (κ3) is 5.71. The molecule has 108 valence electrons. The van der Waals surface area contributed by atoms with E-state index in [0.717, 1.165) is 12.1 Å². The number of unbranched alkanes of at least 4 members (excludes halogenated alkanes) is 3. The molecule has 2 unspecified atom stereocenters. The number of nitrogens with one attached hydrogen (secondary N) is 1. The van der Waals surface area contributed by atoms with Gasteiger partial charge in [-0.05, 0) is 65.1 Å². The molecule has 0 aromatic heterocycles. The molecule has 2 heteroatoms. The second kappa shape index (κ2) is 9.80. The van der Waals surface area contributed by atoms with Crippen molar-refractivity contribution in [2.24, 2.45) is 0 Å². The number of rotatable bonds is 10. The standard InChI is InChI=1S/C16H34N2/c1-4-12-17-13-8-6-7-9-14-18-15(3)10-11-16(18)5-2/h15-17H,4-14H2,1-3H3. The fourth-order valence-electron chi connectivity index (χ4n) is 3.17. The number of nitrogens with zero attached hydrogens (tertiary/aromatic N) is 1. The van der Waals surface area contributed by atoms with E-state index >= 15 is 0 Å². The first-order chi connectivity index (χ1) is 8.79. The first-order valence-corrected chi connectivity index (χ1v) is 8.26. The van der Waals surface area contributed by atoms with Gasteiger partial charge < -0.3 is 5.32 Å². The van der Waals surface area contributed by atoms with Crippen molar-refractivity contribution in [3.63, 3.8) is 0 Å². The normalized spacial score (nSPS) is 24.8. The highest BCUT2D eigenvalue weighted by atomic mass is 15.2. The molecule has 1 rings (SSSR count). The van der Waals surface area contributed by atoms with Crippen molar-refractivity contribution in [2.45, 2.75) is 84.2 Å². The number of hydrogen-bond donors (Lipinski definition) is 1. The lowest BCUT2D eigenvalue weighted by molar-refractivity contribution is 0.194. The Kier molecular flexibility index (Phi) is 8.70. The van der Waals surface area contributed by atoms with Gasteiger partial charge in [0.15, 0.2) is 0 Å². The summed E-state index contributed by atoms with van der Waals surface area (Å²) in [6.07, 6.45) is 11.0. The highest BCUT2D eigenvalue weighted by Gasteiger charge is 2.28. The van der Waals surface area contributed by atoms with Gasteiger partial charge in [-0.2, -0.15) is 0 Å². The second-order valence-electron chi connectivity index (χ2n) is 5.89. The third-order valence-electron chi connectivity index (χ3n) is 4.37. The molecule has 1 aliphatic heterocycles. The molecule has 0 aliphatic carbocycles. The van der Waals surface area contributed by atoms with Crippen LogP contribution in [0.1, 0.15) is 72.1 Å². The smallest absolute Gasteiger partial charge is 0.00960 e. The van der Waals surface area contributed by atoms with Crippen LogP contribution in [-0.2, 0) is 0 Å². The fraction of sp³-hybridized carbons (Fsp3) is 1.00. The van der Waals surface area contributed by atoms with E-state index in [0.29, 0.717) is 0 Å². The summed E-state index contributed by atoms with van der Waals surface area (Å²) in [5, 5.41) is 3.48. The summed E-state index contributed by atoms with van der Waals surface area (Å²) in [6, 6.07) is 1.72. The van der Waals surface area contributed by atoms with Crippen molar-refractivity contribution in [2.75, 3.05) is 19.6 Å². The van der Waals surface area contributed by atoms with Gasteiger partial charge in [-0.25, -0.2) is 0 Å². The molecule has 1 heterocycles. The van der Waals surface area contributed by atoms with E-state index in [2.05, 4.69) is 31.0 Å². The van der Waals surface area contributed by atoms with Gasteiger partial charge in [-0.3, -0.25) is 4.90 Å². The summed E-state index contributed by atoms with van der Waals surface area (Å²) >= 11 is 0. The minimum absolute atomic E-state index is 0.834. The van der Waals surface area contributed by atoms with E-state index in [9.17, 15) is 0 Å². The average molecular weight is 254 g/mol. The lowest BCUT2D eigenvalue weighted by Crippen LogP contribution is -2.34. The first-order valence-electron chi connectivity index (χ1n) is 8.26. The summed E-state index contributed by atoms with van der Waals surface area (Å²) in [7, 11) is 0. The molecule has 1 fully saturated rings. The first kappa shape index (κ1) is 16.0. The molecule has 2 atom stereocenters. The summed E-state index contributed by atoms with van der Waals surface area (Å²) in [5.74, 6) is 0. The van der Waals surface area contributed by atoms with Gasteiger partial charge in [0, 0.05) is 12.1 Å². The Morgan fingerprint density at radius 2 is 1.78 bits per heavy atom. The number of hydrogen-bond acceptors (Lipinski definition) is 2. The minimum Gasteiger partial charge on any atom is -0.317 e. The Labute approximate surface area is 115 Å². The molecule has 1 aliphatic rings. The molecule has 0 spiro atoms. The zero-order valence-electron chi connectivity index (χ0n) is 12.9. The molecule has 0 radical (unpaired) electrons. The van der Waals surface area contributed by atoms with Gasteiger partial charge in [0.25, 0.3) is 0 Å². The van der Waals surface area contributed by atoms with Gasteiger partial charge in [0.1, 0.15) is 0 Å². The molecule has 0 bridgehead atoms. The van der Waals surface area contributed by atoms with Crippen molar-refractivity contribution < 1.29 is 0 Å². The predicted molar refractivity (Wildman–Crippen MR) is 81.1 cm³/mol. The van der Waals surface area contributed by atoms with Gasteiger partial charge in [-0.15, -0.1) is 0 Å². The Morgan fingerprint density at radius 1 is 1.00 bits per heavy atom. The Hall–Kier alpha value is -0.0800. The molecule has 18 heavy (non-hydrogen) atoms. The molecule has 0 aromatic carbocycles. The Bertz CT molecular complexity index is 194. The van der Waals surface area contributed by atoms with Crippen molar-refractivity contribution >= 4 is 0 Å². The Morgan fingerprint density at radius 3 is 2.50 bits per heavy atom. The highest BCUT2D eigenvalue weighted by Crippen LogP contribution is 2.26. The van der Waals surface area contributed by atoms with Crippen molar-refractivity contribution in [3.8, 4) is 0 Å². The lowest BCUT2D eigenvalue weighted by atomic mass is 10.1. The van der Waals surface area contributed by atoms with Crippen LogP contribution in [0.5, 0.6) is 0 Å². The number of likely N-dealkylation sites (tertiary alicyclic amines) is 1. The van der Waals surface area contributed by atoms with Crippen LogP contribution in [0.25, 0.3) is 0 Å². The topological polar surface area (TPSA) is 15.3 Å². The van der Waals surface area contributed by atoms with Gasteiger partial charge >= 0.3 is 0 Å². The molecular weight excluding hydrogens is 220 g/mol. The van der Waals surface area contributed by atoms with Crippen molar-refractivity contribution in [3.05, 3.63) is 0 Å². The molecule has 1 N–H and O–H groups in total. The van der Waals surface area contributed by atoms with Gasteiger partial charge in [0.2, 0.25) is 0 Å². The van der Waals surface area contributed by atoms with Gasteiger partial charge in [-0.1, -0.05) is 26.7 Å². The maximum Gasteiger partial charge on any atom is 0.00960 e. The summed E-state index contributed by atoms with van der Waals surface area (Å²) in [5.41, 5.74) is 0. The van der Waals surface area contributed by atoms with E-state index in [4.69, 9.17) is 0 Å². The fourth-order valence-corrected chi connectivity index (χ4v) is 3.17. The van der Waals surface area contributed by atoms with Crippen LogP contribution >= 0.6 is 0 Å². The largest absolute Gasteiger partial charge is 0.317 e. The quantitative estimate of drug-likeness (QED) is 0.596. The van der Waals surface area contributed by atoms with Crippen LogP contribution in [0.3, 0.4) is 0 Å². The molecule has 1 saturated heterocycles. The monoisotopic (exact) mass is 254 g/mol. The maximum absolute atomic E-state index is 3.48. The van der Waals surface area contributed by atoms with Gasteiger partial charge in [0.05, 0.1) is 0 Å².